The Morgan fingerprint density at radius 3 is 2.79 bits per heavy atom. The molecule has 4 nitrogen and oxygen atoms in total. The van der Waals surface area contributed by atoms with Crippen LogP contribution in [-0.4, -0.2) is 16.5 Å². The molecule has 5 heteroatoms. The second kappa shape index (κ2) is 5.65. The maximum absolute atomic E-state index is 13.0. The lowest BCUT2D eigenvalue weighted by Gasteiger charge is -2.10. The van der Waals surface area contributed by atoms with E-state index in [0.717, 1.165) is 23.4 Å². The van der Waals surface area contributed by atoms with Gasteiger partial charge in [0.25, 0.3) is 0 Å². The third-order valence-electron chi connectivity index (χ3n) is 2.89. The first-order valence-electron chi connectivity index (χ1n) is 6.15. The van der Waals surface area contributed by atoms with Gasteiger partial charge in [0.1, 0.15) is 23.3 Å². The number of nitrogens with two attached hydrogens (primary N) is 1. The van der Waals surface area contributed by atoms with Crippen LogP contribution in [0.2, 0.25) is 0 Å². The maximum Gasteiger partial charge on any atom is 0.134 e. The van der Waals surface area contributed by atoms with Crippen molar-refractivity contribution in [1.82, 2.24) is 9.97 Å². The van der Waals surface area contributed by atoms with Crippen molar-refractivity contribution < 1.29 is 4.39 Å². The molecule has 0 saturated heterocycles. The zero-order valence-electron chi connectivity index (χ0n) is 11.1. The number of halogens is 1. The van der Waals surface area contributed by atoms with E-state index < -0.39 is 0 Å². The van der Waals surface area contributed by atoms with Gasteiger partial charge < -0.3 is 11.1 Å². The Morgan fingerprint density at radius 2 is 2.05 bits per heavy atom. The molecule has 0 amide bonds. The Balaban J connectivity index is 2.00. The van der Waals surface area contributed by atoms with Gasteiger partial charge in [-0.1, -0.05) is 12.1 Å². The summed E-state index contributed by atoms with van der Waals surface area (Å²) >= 11 is 0. The summed E-state index contributed by atoms with van der Waals surface area (Å²) in [6, 6.07) is 6.59. The number of hydrogen-bond donors (Lipinski definition) is 2. The molecule has 0 atom stereocenters. The van der Waals surface area contributed by atoms with Gasteiger partial charge in [0.15, 0.2) is 0 Å². The van der Waals surface area contributed by atoms with Crippen molar-refractivity contribution in [3.05, 3.63) is 47.0 Å². The molecule has 0 spiro atoms. The van der Waals surface area contributed by atoms with Crippen molar-refractivity contribution in [2.24, 2.45) is 0 Å². The summed E-state index contributed by atoms with van der Waals surface area (Å²) in [7, 11) is 0. The molecular weight excluding hydrogens is 243 g/mol. The molecule has 2 aromatic rings. The van der Waals surface area contributed by atoms with Crippen molar-refractivity contribution in [3.8, 4) is 0 Å². The molecule has 0 aliphatic heterocycles. The molecule has 1 heterocycles. The van der Waals surface area contributed by atoms with E-state index in [1.165, 1.54) is 12.1 Å². The third-order valence-corrected chi connectivity index (χ3v) is 2.89. The van der Waals surface area contributed by atoms with Crippen LogP contribution in [0.3, 0.4) is 0 Å². The molecule has 0 aliphatic carbocycles. The standard InChI is InChI=1S/C14H17FN4/c1-9-13(16)18-10(2)19-14(9)17-7-6-11-4-3-5-12(15)8-11/h3-5,8H,6-7H2,1-2H3,(H3,16,17,18,19). The number of benzene rings is 1. The maximum atomic E-state index is 13.0. The average Bonchev–Trinajstić information content (AvgIpc) is 2.35. The van der Waals surface area contributed by atoms with Gasteiger partial charge in [-0.2, -0.15) is 0 Å². The predicted octanol–water partition coefficient (Wildman–Crippen LogP) is 2.47. The van der Waals surface area contributed by atoms with Crippen LogP contribution in [0.1, 0.15) is 17.0 Å². The van der Waals surface area contributed by atoms with Crippen LogP contribution < -0.4 is 11.1 Å². The first kappa shape index (κ1) is 13.3. The zero-order chi connectivity index (χ0) is 13.8. The largest absolute Gasteiger partial charge is 0.383 e. The number of rotatable bonds is 4. The molecule has 2 rings (SSSR count). The monoisotopic (exact) mass is 260 g/mol. The number of nitrogens with one attached hydrogen (secondary N) is 1. The Bertz CT molecular complexity index is 584. The van der Waals surface area contributed by atoms with Gasteiger partial charge in [0.2, 0.25) is 0 Å². The molecule has 1 aromatic carbocycles. The minimum absolute atomic E-state index is 0.212. The predicted molar refractivity (Wildman–Crippen MR) is 74.5 cm³/mol. The summed E-state index contributed by atoms with van der Waals surface area (Å²) in [6.07, 6.45) is 0.722. The Morgan fingerprint density at radius 1 is 1.26 bits per heavy atom. The van der Waals surface area contributed by atoms with Gasteiger partial charge in [-0.25, -0.2) is 14.4 Å². The van der Waals surface area contributed by atoms with Gasteiger partial charge in [-0.3, -0.25) is 0 Å². The fourth-order valence-corrected chi connectivity index (χ4v) is 1.84. The lowest BCUT2D eigenvalue weighted by atomic mass is 10.1. The van der Waals surface area contributed by atoms with E-state index in [4.69, 9.17) is 5.73 Å². The fourth-order valence-electron chi connectivity index (χ4n) is 1.84. The van der Waals surface area contributed by atoms with Crippen molar-refractivity contribution in [2.75, 3.05) is 17.6 Å². The van der Waals surface area contributed by atoms with Crippen LogP contribution in [0.5, 0.6) is 0 Å². The number of nitrogen functional groups attached to an aromatic ring is 1. The summed E-state index contributed by atoms with van der Waals surface area (Å²) in [5, 5.41) is 3.21. The van der Waals surface area contributed by atoms with Crippen LogP contribution in [-0.2, 0) is 6.42 Å². The number of aromatic nitrogens is 2. The highest BCUT2D eigenvalue weighted by molar-refractivity contribution is 5.54. The molecule has 0 aliphatic rings. The lowest BCUT2D eigenvalue weighted by Crippen LogP contribution is -2.11. The SMILES string of the molecule is Cc1nc(N)c(C)c(NCCc2cccc(F)c2)n1. The van der Waals surface area contributed by atoms with Gasteiger partial charge in [0.05, 0.1) is 0 Å². The topological polar surface area (TPSA) is 63.8 Å². The Kier molecular flexibility index (Phi) is 3.94. The fraction of sp³-hybridized carbons (Fsp3) is 0.286. The van der Waals surface area contributed by atoms with E-state index in [-0.39, 0.29) is 5.82 Å². The molecule has 0 fully saturated rings. The van der Waals surface area contributed by atoms with Gasteiger partial charge in [-0.15, -0.1) is 0 Å². The van der Waals surface area contributed by atoms with Crippen molar-refractivity contribution in [2.45, 2.75) is 20.3 Å². The van der Waals surface area contributed by atoms with Crippen molar-refractivity contribution in [1.29, 1.82) is 0 Å². The summed E-state index contributed by atoms with van der Waals surface area (Å²) in [5.74, 6) is 1.65. The molecule has 100 valence electrons. The molecule has 0 radical (unpaired) electrons. The van der Waals surface area contributed by atoms with Gasteiger partial charge in [0, 0.05) is 12.1 Å². The van der Waals surface area contributed by atoms with E-state index >= 15 is 0 Å². The number of nitrogens with zero attached hydrogens (tertiary/aromatic N) is 2. The summed E-state index contributed by atoms with van der Waals surface area (Å²) < 4.78 is 13.0. The zero-order valence-corrected chi connectivity index (χ0v) is 11.1. The highest BCUT2D eigenvalue weighted by Gasteiger charge is 2.05. The summed E-state index contributed by atoms with van der Waals surface area (Å²) in [6.45, 7) is 4.34. The van der Waals surface area contributed by atoms with Crippen LogP contribution >= 0.6 is 0 Å². The number of aryl methyl sites for hydroxylation is 1. The minimum atomic E-state index is -0.212. The molecule has 3 N–H and O–H groups in total. The van der Waals surface area contributed by atoms with Crippen LogP contribution in [0, 0.1) is 19.7 Å². The Hall–Kier alpha value is -2.17. The molecular formula is C14H17FN4. The first-order valence-corrected chi connectivity index (χ1v) is 6.15. The number of hydrogen-bond acceptors (Lipinski definition) is 4. The summed E-state index contributed by atoms with van der Waals surface area (Å²) in [5.41, 5.74) is 7.57. The first-order chi connectivity index (χ1) is 9.06. The molecule has 0 saturated carbocycles. The highest BCUT2D eigenvalue weighted by Crippen LogP contribution is 2.16. The van der Waals surface area contributed by atoms with E-state index in [2.05, 4.69) is 15.3 Å². The highest BCUT2D eigenvalue weighted by atomic mass is 19.1. The second-order valence-corrected chi connectivity index (χ2v) is 4.44. The van der Waals surface area contributed by atoms with Crippen molar-refractivity contribution >= 4 is 11.6 Å². The summed E-state index contributed by atoms with van der Waals surface area (Å²) in [4.78, 5) is 8.39. The molecule has 0 unspecified atom stereocenters. The Labute approximate surface area is 111 Å². The quantitative estimate of drug-likeness (QED) is 0.886. The normalized spacial score (nSPS) is 10.5. The van der Waals surface area contributed by atoms with Crippen LogP contribution in [0.25, 0.3) is 0 Å². The average molecular weight is 260 g/mol. The van der Waals surface area contributed by atoms with E-state index in [1.807, 2.05) is 13.0 Å². The van der Waals surface area contributed by atoms with Crippen LogP contribution in [0.15, 0.2) is 24.3 Å². The molecule has 19 heavy (non-hydrogen) atoms. The van der Waals surface area contributed by atoms with Gasteiger partial charge in [-0.05, 0) is 38.0 Å². The van der Waals surface area contributed by atoms with E-state index in [1.54, 1.807) is 13.0 Å². The van der Waals surface area contributed by atoms with Crippen LogP contribution in [0.4, 0.5) is 16.0 Å². The van der Waals surface area contributed by atoms with E-state index in [9.17, 15) is 4.39 Å². The third kappa shape index (κ3) is 3.40. The smallest absolute Gasteiger partial charge is 0.134 e. The number of anilines is 2. The van der Waals surface area contributed by atoms with Crippen molar-refractivity contribution in [3.63, 3.8) is 0 Å². The minimum Gasteiger partial charge on any atom is -0.383 e. The van der Waals surface area contributed by atoms with E-state index in [0.29, 0.717) is 18.2 Å². The molecule has 1 aromatic heterocycles. The van der Waals surface area contributed by atoms with Gasteiger partial charge >= 0.3 is 0 Å². The second-order valence-electron chi connectivity index (χ2n) is 4.44. The molecule has 0 bridgehead atoms. The lowest BCUT2D eigenvalue weighted by molar-refractivity contribution is 0.625.